The van der Waals surface area contributed by atoms with Crippen molar-refractivity contribution in [3.8, 4) is 0 Å². The van der Waals surface area contributed by atoms with E-state index in [4.69, 9.17) is 9.47 Å². The van der Waals surface area contributed by atoms with Gasteiger partial charge in [0.2, 0.25) is 0 Å². The van der Waals surface area contributed by atoms with Crippen molar-refractivity contribution in [2.45, 2.75) is 39.3 Å². The Labute approximate surface area is 117 Å². The number of rotatable bonds is 8. The Hall–Kier alpha value is -0.900. The van der Waals surface area contributed by atoms with Crippen molar-refractivity contribution in [3.05, 3.63) is 35.9 Å². The minimum absolute atomic E-state index is 0.0703. The van der Waals surface area contributed by atoms with Gasteiger partial charge in [0.1, 0.15) is 0 Å². The zero-order chi connectivity index (χ0) is 14.1. The van der Waals surface area contributed by atoms with Crippen LogP contribution in [0.1, 0.15) is 39.4 Å². The molecule has 0 aliphatic heterocycles. The van der Waals surface area contributed by atoms with E-state index < -0.39 is 0 Å². The number of hydrogen-bond acceptors (Lipinski definition) is 3. The van der Waals surface area contributed by atoms with Crippen molar-refractivity contribution in [2.24, 2.45) is 0 Å². The number of benzene rings is 1. The third-order valence-corrected chi connectivity index (χ3v) is 2.74. The molecule has 0 bridgehead atoms. The Morgan fingerprint density at radius 1 is 1.11 bits per heavy atom. The SMILES string of the molecule is CCOCCOC(CNC(C)(C)C)c1ccccc1. The van der Waals surface area contributed by atoms with E-state index in [1.165, 1.54) is 5.56 Å². The summed E-state index contributed by atoms with van der Waals surface area (Å²) in [6, 6.07) is 10.3. The molecule has 0 saturated carbocycles. The topological polar surface area (TPSA) is 30.5 Å². The van der Waals surface area contributed by atoms with Crippen molar-refractivity contribution < 1.29 is 9.47 Å². The molecule has 0 amide bonds. The summed E-state index contributed by atoms with van der Waals surface area (Å²) in [7, 11) is 0. The summed E-state index contributed by atoms with van der Waals surface area (Å²) in [5.74, 6) is 0. The van der Waals surface area contributed by atoms with Gasteiger partial charge in [-0.1, -0.05) is 30.3 Å². The molecule has 1 aromatic rings. The summed E-state index contributed by atoms with van der Waals surface area (Å²) in [6.07, 6.45) is 0.0703. The molecule has 19 heavy (non-hydrogen) atoms. The van der Waals surface area contributed by atoms with E-state index in [2.05, 4.69) is 38.2 Å². The summed E-state index contributed by atoms with van der Waals surface area (Å²) in [5.41, 5.74) is 1.30. The predicted octanol–water partition coefficient (Wildman–Crippen LogP) is 3.17. The van der Waals surface area contributed by atoms with Crippen LogP contribution in [0.4, 0.5) is 0 Å². The van der Waals surface area contributed by atoms with Crippen LogP contribution in [0.2, 0.25) is 0 Å². The third-order valence-electron chi connectivity index (χ3n) is 2.74. The van der Waals surface area contributed by atoms with Crippen molar-refractivity contribution in [3.63, 3.8) is 0 Å². The molecule has 0 aromatic heterocycles. The highest BCUT2D eigenvalue weighted by molar-refractivity contribution is 5.18. The molecule has 0 aliphatic carbocycles. The number of hydrogen-bond donors (Lipinski definition) is 1. The van der Waals surface area contributed by atoms with Crippen LogP contribution in [0.5, 0.6) is 0 Å². The Morgan fingerprint density at radius 3 is 2.37 bits per heavy atom. The van der Waals surface area contributed by atoms with E-state index in [9.17, 15) is 0 Å². The molecule has 1 aromatic carbocycles. The maximum atomic E-state index is 5.94. The lowest BCUT2D eigenvalue weighted by Crippen LogP contribution is -2.39. The van der Waals surface area contributed by atoms with Crippen LogP contribution in [0.3, 0.4) is 0 Å². The van der Waals surface area contributed by atoms with Gasteiger partial charge in [-0.25, -0.2) is 0 Å². The third kappa shape index (κ3) is 7.31. The molecule has 108 valence electrons. The largest absolute Gasteiger partial charge is 0.379 e. The lowest BCUT2D eigenvalue weighted by Gasteiger charge is -2.26. The second-order valence-corrected chi connectivity index (χ2v) is 5.60. The zero-order valence-corrected chi connectivity index (χ0v) is 12.6. The molecule has 0 radical (unpaired) electrons. The van der Waals surface area contributed by atoms with E-state index in [1.54, 1.807) is 0 Å². The van der Waals surface area contributed by atoms with Crippen molar-refractivity contribution in [1.82, 2.24) is 5.32 Å². The summed E-state index contributed by atoms with van der Waals surface area (Å²) in [6.45, 7) is 11.3. The minimum Gasteiger partial charge on any atom is -0.379 e. The van der Waals surface area contributed by atoms with Gasteiger partial charge in [0, 0.05) is 18.7 Å². The van der Waals surface area contributed by atoms with Crippen LogP contribution in [-0.2, 0) is 9.47 Å². The average molecular weight is 265 g/mol. The van der Waals surface area contributed by atoms with Gasteiger partial charge in [-0.2, -0.15) is 0 Å². The van der Waals surface area contributed by atoms with E-state index in [0.717, 1.165) is 13.2 Å². The molecule has 1 atom stereocenters. The molecular formula is C16H27NO2. The maximum absolute atomic E-state index is 5.94. The van der Waals surface area contributed by atoms with Gasteiger partial charge >= 0.3 is 0 Å². The Kier molecular flexibility index (Phi) is 7.06. The monoisotopic (exact) mass is 265 g/mol. The molecule has 3 heteroatoms. The quantitative estimate of drug-likeness (QED) is 0.732. The van der Waals surface area contributed by atoms with Crippen molar-refractivity contribution >= 4 is 0 Å². The molecule has 1 N–H and O–H groups in total. The minimum atomic E-state index is 0.0703. The second-order valence-electron chi connectivity index (χ2n) is 5.60. The molecule has 0 fully saturated rings. The smallest absolute Gasteiger partial charge is 0.0950 e. The van der Waals surface area contributed by atoms with Gasteiger partial charge < -0.3 is 14.8 Å². The highest BCUT2D eigenvalue weighted by Crippen LogP contribution is 2.17. The molecular weight excluding hydrogens is 238 g/mol. The first kappa shape index (κ1) is 16.2. The Bertz CT molecular complexity index is 332. The standard InChI is InChI=1S/C16H27NO2/c1-5-18-11-12-19-15(13-17-16(2,3)4)14-9-7-6-8-10-14/h6-10,15,17H,5,11-13H2,1-4H3. The summed E-state index contributed by atoms with van der Waals surface area (Å²) in [5, 5.41) is 3.50. The van der Waals surface area contributed by atoms with Crippen molar-refractivity contribution in [1.29, 1.82) is 0 Å². The number of nitrogens with one attached hydrogen (secondary N) is 1. The highest BCUT2D eigenvalue weighted by atomic mass is 16.5. The highest BCUT2D eigenvalue weighted by Gasteiger charge is 2.16. The first-order valence-electron chi connectivity index (χ1n) is 7.02. The van der Waals surface area contributed by atoms with E-state index in [-0.39, 0.29) is 11.6 Å². The molecule has 1 rings (SSSR count). The van der Waals surface area contributed by atoms with Crippen molar-refractivity contribution in [2.75, 3.05) is 26.4 Å². The predicted molar refractivity (Wildman–Crippen MR) is 79.4 cm³/mol. The van der Waals surface area contributed by atoms with E-state index in [0.29, 0.717) is 13.2 Å². The molecule has 0 spiro atoms. The Balaban J connectivity index is 2.53. The van der Waals surface area contributed by atoms with Crippen LogP contribution in [0.15, 0.2) is 30.3 Å². The Morgan fingerprint density at radius 2 is 1.79 bits per heavy atom. The van der Waals surface area contributed by atoms with Gasteiger partial charge in [-0.15, -0.1) is 0 Å². The van der Waals surface area contributed by atoms with Crippen LogP contribution in [0.25, 0.3) is 0 Å². The first-order chi connectivity index (χ1) is 9.03. The lowest BCUT2D eigenvalue weighted by molar-refractivity contribution is 0.00459. The van der Waals surface area contributed by atoms with E-state index >= 15 is 0 Å². The molecule has 0 saturated heterocycles. The molecule has 3 nitrogen and oxygen atoms in total. The first-order valence-corrected chi connectivity index (χ1v) is 7.02. The fourth-order valence-corrected chi connectivity index (χ4v) is 1.73. The fraction of sp³-hybridized carbons (Fsp3) is 0.625. The van der Waals surface area contributed by atoms with Gasteiger partial charge in [0.25, 0.3) is 0 Å². The fourth-order valence-electron chi connectivity index (χ4n) is 1.73. The molecule has 1 unspecified atom stereocenters. The van der Waals surface area contributed by atoms with E-state index in [1.807, 2.05) is 25.1 Å². The van der Waals surface area contributed by atoms with Gasteiger partial charge in [0.05, 0.1) is 19.3 Å². The molecule has 0 aliphatic rings. The van der Waals surface area contributed by atoms with Crippen LogP contribution in [0, 0.1) is 0 Å². The summed E-state index contributed by atoms with van der Waals surface area (Å²) >= 11 is 0. The lowest BCUT2D eigenvalue weighted by atomic mass is 10.1. The normalized spacial score (nSPS) is 13.5. The molecule has 0 heterocycles. The van der Waals surface area contributed by atoms with Crippen LogP contribution >= 0.6 is 0 Å². The zero-order valence-electron chi connectivity index (χ0n) is 12.6. The second kappa shape index (κ2) is 8.31. The number of ether oxygens (including phenoxy) is 2. The van der Waals surface area contributed by atoms with Crippen LogP contribution in [-0.4, -0.2) is 31.9 Å². The van der Waals surface area contributed by atoms with Gasteiger partial charge in [-0.05, 0) is 33.3 Å². The average Bonchev–Trinajstić information content (AvgIpc) is 2.38. The maximum Gasteiger partial charge on any atom is 0.0950 e. The van der Waals surface area contributed by atoms with Crippen LogP contribution < -0.4 is 5.32 Å². The van der Waals surface area contributed by atoms with Gasteiger partial charge in [-0.3, -0.25) is 0 Å². The van der Waals surface area contributed by atoms with Gasteiger partial charge in [0.15, 0.2) is 0 Å². The summed E-state index contributed by atoms with van der Waals surface area (Å²) < 4.78 is 11.3. The summed E-state index contributed by atoms with van der Waals surface area (Å²) in [4.78, 5) is 0.